The maximum Gasteiger partial charge on any atom is 0.471 e. The summed E-state index contributed by atoms with van der Waals surface area (Å²) in [6, 6.07) is 13.3. The zero-order valence-electron chi connectivity index (χ0n) is 14.7. The van der Waals surface area contributed by atoms with E-state index in [4.69, 9.17) is 5.73 Å². The molecule has 0 aliphatic carbocycles. The van der Waals surface area contributed by atoms with Crippen LogP contribution in [-0.4, -0.2) is 29.4 Å². The van der Waals surface area contributed by atoms with Gasteiger partial charge < -0.3 is 16.0 Å². The van der Waals surface area contributed by atoms with Crippen molar-refractivity contribution in [3.8, 4) is 0 Å². The number of hydrogen-bond donors (Lipinski definition) is 2. The zero-order chi connectivity index (χ0) is 20.0. The average molecular weight is 379 g/mol. The molecular weight excluding hydrogens is 359 g/mol. The Hall–Kier alpha value is -3.03. The summed E-state index contributed by atoms with van der Waals surface area (Å²) in [6.07, 6.45) is -4.78. The van der Waals surface area contributed by atoms with Crippen LogP contribution in [0.15, 0.2) is 48.5 Å². The van der Waals surface area contributed by atoms with Crippen molar-refractivity contribution in [2.45, 2.75) is 26.1 Å². The summed E-state index contributed by atoms with van der Waals surface area (Å²) in [5.41, 5.74) is 7.91. The molecule has 0 heterocycles. The van der Waals surface area contributed by atoms with Crippen molar-refractivity contribution in [2.75, 3.05) is 17.6 Å². The van der Waals surface area contributed by atoms with Crippen molar-refractivity contribution in [3.05, 3.63) is 59.7 Å². The molecule has 2 amide bonds. The van der Waals surface area contributed by atoms with Gasteiger partial charge in [-0.05, 0) is 42.3 Å². The van der Waals surface area contributed by atoms with Crippen LogP contribution >= 0.6 is 0 Å². The lowest BCUT2D eigenvalue weighted by Crippen LogP contribution is -2.40. The monoisotopic (exact) mass is 379 g/mol. The van der Waals surface area contributed by atoms with Gasteiger partial charge in [-0.3, -0.25) is 9.59 Å². The number of nitrogen functional groups attached to an aromatic ring is 1. The fourth-order valence-corrected chi connectivity index (χ4v) is 2.50. The first-order valence-corrected chi connectivity index (χ1v) is 8.28. The van der Waals surface area contributed by atoms with Crippen LogP contribution in [0.4, 0.5) is 24.5 Å². The Morgan fingerprint density at radius 1 is 1.07 bits per heavy atom. The van der Waals surface area contributed by atoms with E-state index in [0.29, 0.717) is 21.8 Å². The van der Waals surface area contributed by atoms with Crippen LogP contribution in [-0.2, 0) is 22.6 Å². The van der Waals surface area contributed by atoms with E-state index in [9.17, 15) is 22.8 Å². The molecule has 2 aromatic carbocycles. The minimum Gasteiger partial charge on any atom is -0.399 e. The van der Waals surface area contributed by atoms with E-state index in [1.54, 1.807) is 48.5 Å². The first kappa shape index (κ1) is 20.3. The van der Waals surface area contributed by atoms with Crippen molar-refractivity contribution >= 4 is 23.2 Å². The molecule has 0 aliphatic heterocycles. The number of hydrogen-bond acceptors (Lipinski definition) is 3. The number of carbonyl (C=O) groups is 2. The van der Waals surface area contributed by atoms with Gasteiger partial charge >= 0.3 is 12.1 Å². The van der Waals surface area contributed by atoms with Gasteiger partial charge in [-0.25, -0.2) is 0 Å². The Labute approximate surface area is 155 Å². The summed E-state index contributed by atoms with van der Waals surface area (Å²) in [6.45, 7) is 1.20. The van der Waals surface area contributed by atoms with Crippen molar-refractivity contribution in [2.24, 2.45) is 0 Å². The molecular formula is C19H20F3N3O2. The molecule has 0 bridgehead atoms. The smallest absolute Gasteiger partial charge is 0.399 e. The average Bonchev–Trinajstić information content (AvgIpc) is 2.60. The number of anilines is 2. The van der Waals surface area contributed by atoms with Gasteiger partial charge in [-0.1, -0.05) is 24.3 Å². The number of benzene rings is 2. The maximum atomic E-state index is 12.6. The van der Waals surface area contributed by atoms with E-state index in [2.05, 4.69) is 5.32 Å². The highest BCUT2D eigenvalue weighted by Gasteiger charge is 2.41. The van der Waals surface area contributed by atoms with Gasteiger partial charge in [0, 0.05) is 24.5 Å². The standard InChI is InChI=1S/C19H20F3N3O2/c1-2-25(18(27)19(20,21)22)12-14-4-3-5-16(10-14)24-17(26)11-13-6-8-15(23)9-7-13/h3-10H,2,11-12,23H2,1H3,(H,24,26). The summed E-state index contributed by atoms with van der Waals surface area (Å²) in [4.78, 5) is 24.3. The fraction of sp³-hybridized carbons (Fsp3) is 0.263. The zero-order valence-corrected chi connectivity index (χ0v) is 14.7. The lowest BCUT2D eigenvalue weighted by molar-refractivity contribution is -0.185. The molecule has 8 heteroatoms. The van der Waals surface area contributed by atoms with Crippen molar-refractivity contribution in [3.63, 3.8) is 0 Å². The van der Waals surface area contributed by atoms with Gasteiger partial charge in [0.15, 0.2) is 0 Å². The van der Waals surface area contributed by atoms with Gasteiger partial charge in [0.2, 0.25) is 5.91 Å². The molecule has 0 aliphatic rings. The Kier molecular flexibility index (Phi) is 6.44. The number of nitrogens with zero attached hydrogens (tertiary/aromatic N) is 1. The van der Waals surface area contributed by atoms with Gasteiger partial charge in [-0.2, -0.15) is 13.2 Å². The van der Waals surface area contributed by atoms with Crippen molar-refractivity contribution in [1.82, 2.24) is 4.90 Å². The lowest BCUT2D eigenvalue weighted by atomic mass is 10.1. The molecule has 0 unspecified atom stereocenters. The van der Waals surface area contributed by atoms with E-state index in [-0.39, 0.29) is 25.4 Å². The fourth-order valence-electron chi connectivity index (χ4n) is 2.50. The Morgan fingerprint density at radius 3 is 2.33 bits per heavy atom. The van der Waals surface area contributed by atoms with Crippen LogP contribution in [0.3, 0.4) is 0 Å². The highest BCUT2D eigenvalue weighted by atomic mass is 19.4. The molecule has 3 N–H and O–H groups in total. The second-order valence-corrected chi connectivity index (χ2v) is 5.98. The predicted molar refractivity (Wildman–Crippen MR) is 96.8 cm³/mol. The molecule has 0 spiro atoms. The van der Waals surface area contributed by atoms with Gasteiger partial charge in [-0.15, -0.1) is 0 Å². The molecule has 0 radical (unpaired) electrons. The van der Waals surface area contributed by atoms with Gasteiger partial charge in [0.25, 0.3) is 0 Å². The third-order valence-corrected chi connectivity index (χ3v) is 3.84. The normalized spacial score (nSPS) is 11.1. The maximum absolute atomic E-state index is 12.6. The van der Waals surface area contributed by atoms with E-state index >= 15 is 0 Å². The molecule has 0 fully saturated rings. The van der Waals surface area contributed by atoms with Crippen LogP contribution < -0.4 is 11.1 Å². The summed E-state index contributed by atoms with van der Waals surface area (Å²) in [7, 11) is 0. The molecule has 5 nitrogen and oxygen atoms in total. The molecule has 0 atom stereocenters. The number of nitrogens with two attached hydrogens (primary N) is 1. The third kappa shape index (κ3) is 6.02. The summed E-state index contributed by atoms with van der Waals surface area (Å²) in [5.74, 6) is -2.15. The number of amides is 2. The van der Waals surface area contributed by atoms with Crippen LogP contribution in [0.2, 0.25) is 0 Å². The van der Waals surface area contributed by atoms with Gasteiger partial charge in [0.05, 0.1) is 6.42 Å². The largest absolute Gasteiger partial charge is 0.471 e. The SMILES string of the molecule is CCN(Cc1cccc(NC(=O)Cc2ccc(N)cc2)c1)C(=O)C(F)(F)F. The summed E-state index contributed by atoms with van der Waals surface area (Å²) >= 11 is 0. The Balaban J connectivity index is 2.02. The first-order valence-electron chi connectivity index (χ1n) is 8.28. The topological polar surface area (TPSA) is 75.4 Å². The molecule has 2 aromatic rings. The van der Waals surface area contributed by atoms with E-state index in [1.807, 2.05) is 0 Å². The number of carbonyl (C=O) groups excluding carboxylic acids is 2. The van der Waals surface area contributed by atoms with Crippen molar-refractivity contribution < 1.29 is 22.8 Å². The summed E-state index contributed by atoms with van der Waals surface area (Å²) < 4.78 is 37.8. The van der Waals surface area contributed by atoms with Crippen LogP contribution in [0.5, 0.6) is 0 Å². The number of halogens is 3. The highest BCUT2D eigenvalue weighted by molar-refractivity contribution is 5.92. The molecule has 27 heavy (non-hydrogen) atoms. The van der Waals surface area contributed by atoms with E-state index < -0.39 is 12.1 Å². The number of alkyl halides is 3. The molecule has 0 saturated heterocycles. The van der Waals surface area contributed by atoms with Crippen LogP contribution in [0, 0.1) is 0 Å². The van der Waals surface area contributed by atoms with Crippen molar-refractivity contribution in [1.29, 1.82) is 0 Å². The lowest BCUT2D eigenvalue weighted by Gasteiger charge is -2.22. The third-order valence-electron chi connectivity index (χ3n) is 3.84. The molecule has 0 aromatic heterocycles. The van der Waals surface area contributed by atoms with Crippen LogP contribution in [0.1, 0.15) is 18.1 Å². The quantitative estimate of drug-likeness (QED) is 0.756. The predicted octanol–water partition coefficient (Wildman–Crippen LogP) is 3.36. The second-order valence-electron chi connectivity index (χ2n) is 5.98. The molecule has 144 valence electrons. The number of rotatable bonds is 6. The minimum absolute atomic E-state index is 0.0773. The summed E-state index contributed by atoms with van der Waals surface area (Å²) in [5, 5.41) is 2.70. The second kappa shape index (κ2) is 8.57. The number of nitrogens with one attached hydrogen (secondary N) is 1. The van der Waals surface area contributed by atoms with Crippen LogP contribution in [0.25, 0.3) is 0 Å². The minimum atomic E-state index is -4.92. The Bertz CT molecular complexity index is 805. The van der Waals surface area contributed by atoms with E-state index in [1.165, 1.54) is 6.92 Å². The molecule has 2 rings (SSSR count). The highest BCUT2D eigenvalue weighted by Crippen LogP contribution is 2.21. The van der Waals surface area contributed by atoms with Gasteiger partial charge in [0.1, 0.15) is 0 Å². The Morgan fingerprint density at radius 2 is 1.74 bits per heavy atom. The van der Waals surface area contributed by atoms with E-state index in [0.717, 1.165) is 5.56 Å². The molecule has 0 saturated carbocycles. The first-order chi connectivity index (χ1) is 12.7.